The van der Waals surface area contributed by atoms with Gasteiger partial charge in [0.25, 0.3) is 0 Å². The molecule has 1 unspecified atom stereocenters. The Labute approximate surface area is 195 Å². The number of aliphatic carboxylic acids is 1. The molecule has 1 N–H and O–H groups in total. The molecule has 1 amide bonds. The molecule has 1 saturated heterocycles. The van der Waals surface area contributed by atoms with Gasteiger partial charge in [-0.1, -0.05) is 49.0 Å². The van der Waals surface area contributed by atoms with Gasteiger partial charge >= 0.3 is 5.97 Å². The molecule has 32 heavy (non-hydrogen) atoms. The molecule has 3 aromatic rings. The summed E-state index contributed by atoms with van der Waals surface area (Å²) in [6.07, 6.45) is 1.33. The lowest BCUT2D eigenvalue weighted by Gasteiger charge is -2.35. The topological polar surface area (TPSA) is 86.6 Å². The molecule has 0 radical (unpaired) electrons. The van der Waals surface area contributed by atoms with Crippen molar-refractivity contribution in [1.82, 2.24) is 14.9 Å². The molecule has 0 bridgehead atoms. The van der Waals surface area contributed by atoms with E-state index in [1.54, 1.807) is 18.3 Å². The number of aryl methyl sites for hydroxylation is 1. The number of amides is 1. The zero-order chi connectivity index (χ0) is 22.7. The monoisotopic (exact) mass is 470 g/mol. The second kappa shape index (κ2) is 9.87. The fraction of sp³-hybridized carbons (Fsp3) is 0.391. The number of carbonyl (C=O) groups is 2. The number of anilines is 1. The van der Waals surface area contributed by atoms with Crippen molar-refractivity contribution in [3.05, 3.63) is 46.8 Å². The summed E-state index contributed by atoms with van der Waals surface area (Å²) in [6.45, 7) is 6.39. The molecule has 7 nitrogen and oxygen atoms in total. The van der Waals surface area contributed by atoms with Crippen molar-refractivity contribution in [2.45, 2.75) is 37.1 Å². The number of carboxylic acid groups (broad SMARTS) is 1. The SMILES string of the molecule is CCc1cc2c(N3CCN(C(=O)Cc4ccccc4)CC3)nc(SC(C)C(=O)O)nc2s1. The van der Waals surface area contributed by atoms with Gasteiger partial charge < -0.3 is 14.9 Å². The third-order valence-corrected chi connectivity index (χ3v) is 7.63. The van der Waals surface area contributed by atoms with Crippen molar-refractivity contribution >= 4 is 51.0 Å². The fourth-order valence-electron chi connectivity index (χ4n) is 3.66. The summed E-state index contributed by atoms with van der Waals surface area (Å²) in [5.41, 5.74) is 1.03. The Bertz CT molecular complexity index is 1110. The highest BCUT2D eigenvalue weighted by molar-refractivity contribution is 8.00. The maximum absolute atomic E-state index is 12.7. The summed E-state index contributed by atoms with van der Waals surface area (Å²) in [6, 6.07) is 11.9. The molecule has 4 rings (SSSR count). The molecule has 0 aliphatic carbocycles. The summed E-state index contributed by atoms with van der Waals surface area (Å²) in [5.74, 6) is 0.0893. The van der Waals surface area contributed by atoms with Crippen molar-refractivity contribution in [2.24, 2.45) is 0 Å². The number of thioether (sulfide) groups is 1. The van der Waals surface area contributed by atoms with Crippen LogP contribution in [0.5, 0.6) is 0 Å². The van der Waals surface area contributed by atoms with E-state index in [1.807, 2.05) is 35.2 Å². The number of benzene rings is 1. The molecule has 0 spiro atoms. The third-order valence-electron chi connectivity index (χ3n) is 5.51. The molecule has 3 heterocycles. The summed E-state index contributed by atoms with van der Waals surface area (Å²) < 4.78 is 0. The van der Waals surface area contributed by atoms with Crippen LogP contribution in [0.3, 0.4) is 0 Å². The predicted octanol–water partition coefficient (Wildman–Crippen LogP) is 3.71. The van der Waals surface area contributed by atoms with Crippen LogP contribution in [0.15, 0.2) is 41.6 Å². The molecule has 1 aliphatic rings. The summed E-state index contributed by atoms with van der Waals surface area (Å²) in [4.78, 5) is 39.6. The lowest BCUT2D eigenvalue weighted by molar-refractivity contribution is -0.136. The first-order valence-corrected chi connectivity index (χ1v) is 12.4. The van der Waals surface area contributed by atoms with E-state index < -0.39 is 11.2 Å². The molecule has 9 heteroatoms. The first kappa shape index (κ1) is 22.5. The van der Waals surface area contributed by atoms with Crippen molar-refractivity contribution < 1.29 is 14.7 Å². The van der Waals surface area contributed by atoms with Gasteiger partial charge in [-0.3, -0.25) is 9.59 Å². The van der Waals surface area contributed by atoms with Gasteiger partial charge in [-0.2, -0.15) is 0 Å². The van der Waals surface area contributed by atoms with Gasteiger partial charge in [-0.05, 0) is 25.0 Å². The van der Waals surface area contributed by atoms with Crippen LogP contribution in [-0.4, -0.2) is 63.3 Å². The average Bonchev–Trinajstić information content (AvgIpc) is 3.22. The zero-order valence-corrected chi connectivity index (χ0v) is 19.8. The Morgan fingerprint density at radius 3 is 2.53 bits per heavy atom. The van der Waals surface area contributed by atoms with Crippen LogP contribution in [0.25, 0.3) is 10.2 Å². The normalized spacial score (nSPS) is 15.2. The van der Waals surface area contributed by atoms with E-state index in [9.17, 15) is 14.7 Å². The number of rotatable bonds is 7. The number of piperazine rings is 1. The lowest BCUT2D eigenvalue weighted by Crippen LogP contribution is -2.49. The highest BCUT2D eigenvalue weighted by atomic mass is 32.2. The Balaban J connectivity index is 1.52. The molecular weight excluding hydrogens is 444 g/mol. The van der Waals surface area contributed by atoms with E-state index in [0.29, 0.717) is 37.8 Å². The van der Waals surface area contributed by atoms with Gasteiger partial charge in [-0.15, -0.1) is 11.3 Å². The van der Waals surface area contributed by atoms with Crippen molar-refractivity contribution in [3.63, 3.8) is 0 Å². The van der Waals surface area contributed by atoms with E-state index in [2.05, 4.69) is 22.9 Å². The minimum atomic E-state index is -0.883. The van der Waals surface area contributed by atoms with Crippen LogP contribution in [-0.2, 0) is 22.4 Å². The van der Waals surface area contributed by atoms with Crippen LogP contribution >= 0.6 is 23.1 Å². The fourth-order valence-corrected chi connectivity index (χ4v) is 5.38. The Kier molecular flexibility index (Phi) is 6.95. The molecule has 1 atom stereocenters. The summed E-state index contributed by atoms with van der Waals surface area (Å²) >= 11 is 2.79. The number of fused-ring (bicyclic) bond motifs is 1. The van der Waals surface area contributed by atoms with Crippen LogP contribution in [0.1, 0.15) is 24.3 Å². The molecule has 0 saturated carbocycles. The molecule has 1 fully saturated rings. The molecule has 2 aromatic heterocycles. The number of carboxylic acids is 1. The Hall–Kier alpha value is -2.65. The van der Waals surface area contributed by atoms with E-state index >= 15 is 0 Å². The lowest BCUT2D eigenvalue weighted by atomic mass is 10.1. The summed E-state index contributed by atoms with van der Waals surface area (Å²) in [7, 11) is 0. The third kappa shape index (κ3) is 5.05. The van der Waals surface area contributed by atoms with Gasteiger partial charge in [-0.25, -0.2) is 9.97 Å². The number of nitrogens with zero attached hydrogens (tertiary/aromatic N) is 4. The van der Waals surface area contributed by atoms with Gasteiger partial charge in [0.2, 0.25) is 5.91 Å². The predicted molar refractivity (Wildman–Crippen MR) is 129 cm³/mol. The van der Waals surface area contributed by atoms with Gasteiger partial charge in [0.15, 0.2) is 5.16 Å². The van der Waals surface area contributed by atoms with Crippen LogP contribution in [0.4, 0.5) is 5.82 Å². The number of hydrogen-bond donors (Lipinski definition) is 1. The Morgan fingerprint density at radius 1 is 1.16 bits per heavy atom. The zero-order valence-electron chi connectivity index (χ0n) is 18.2. The number of hydrogen-bond acceptors (Lipinski definition) is 7. The van der Waals surface area contributed by atoms with E-state index in [0.717, 1.165) is 39.8 Å². The van der Waals surface area contributed by atoms with Crippen molar-refractivity contribution in [2.75, 3.05) is 31.1 Å². The first-order valence-electron chi connectivity index (χ1n) is 10.7. The molecule has 168 valence electrons. The standard InChI is InChI=1S/C23H26N4O3S2/c1-3-17-14-18-20(24-23(25-21(18)32-17)31-15(2)22(29)30)27-11-9-26(10-12-27)19(28)13-16-7-5-4-6-8-16/h4-8,14-15H,3,9-13H2,1-2H3,(H,29,30). The van der Waals surface area contributed by atoms with E-state index in [1.165, 1.54) is 4.88 Å². The number of carbonyl (C=O) groups excluding carboxylic acids is 1. The van der Waals surface area contributed by atoms with Crippen molar-refractivity contribution in [3.8, 4) is 0 Å². The number of aromatic nitrogens is 2. The highest BCUT2D eigenvalue weighted by Gasteiger charge is 2.25. The Morgan fingerprint density at radius 2 is 1.88 bits per heavy atom. The van der Waals surface area contributed by atoms with E-state index in [-0.39, 0.29) is 5.91 Å². The second-order valence-electron chi connectivity index (χ2n) is 7.74. The molecular formula is C23H26N4O3S2. The highest BCUT2D eigenvalue weighted by Crippen LogP contribution is 2.34. The quantitative estimate of drug-likeness (QED) is 0.416. The first-order chi connectivity index (χ1) is 15.4. The minimum absolute atomic E-state index is 0.138. The van der Waals surface area contributed by atoms with Gasteiger partial charge in [0.1, 0.15) is 15.9 Å². The maximum atomic E-state index is 12.7. The largest absolute Gasteiger partial charge is 0.480 e. The summed E-state index contributed by atoms with van der Waals surface area (Å²) in [5, 5.41) is 10.1. The molecule has 1 aromatic carbocycles. The van der Waals surface area contributed by atoms with Crippen molar-refractivity contribution in [1.29, 1.82) is 0 Å². The van der Waals surface area contributed by atoms with Crippen LogP contribution < -0.4 is 4.90 Å². The van der Waals surface area contributed by atoms with E-state index in [4.69, 9.17) is 4.98 Å². The van der Waals surface area contributed by atoms with Crippen LogP contribution in [0.2, 0.25) is 0 Å². The second-order valence-corrected chi connectivity index (χ2v) is 10.2. The molecule has 1 aliphatic heterocycles. The minimum Gasteiger partial charge on any atom is -0.480 e. The van der Waals surface area contributed by atoms with Crippen LogP contribution in [0, 0.1) is 0 Å². The van der Waals surface area contributed by atoms with Gasteiger partial charge in [0.05, 0.1) is 11.8 Å². The number of thiophene rings is 1. The smallest absolute Gasteiger partial charge is 0.316 e. The maximum Gasteiger partial charge on any atom is 0.316 e. The average molecular weight is 471 g/mol. The van der Waals surface area contributed by atoms with Gasteiger partial charge in [0, 0.05) is 31.1 Å².